The Morgan fingerprint density at radius 2 is 1.81 bits per heavy atom. The average molecular weight is 476 g/mol. The molecular weight excluding hydrogens is 454 g/mol. The van der Waals surface area contributed by atoms with Gasteiger partial charge < -0.3 is 9.30 Å². The fourth-order valence-electron chi connectivity index (χ4n) is 4.16. The maximum atomic E-state index is 12.4. The van der Waals surface area contributed by atoms with Crippen molar-refractivity contribution in [2.75, 3.05) is 13.2 Å². The lowest BCUT2D eigenvalue weighted by Crippen LogP contribution is -2.37. The summed E-state index contributed by atoms with van der Waals surface area (Å²) in [5.41, 5.74) is 0.883. The second-order valence-corrected chi connectivity index (χ2v) is 9.11. The number of amides is 3. The third kappa shape index (κ3) is 4.83. The molecule has 0 spiro atoms. The van der Waals surface area contributed by atoms with Gasteiger partial charge in [0.25, 0.3) is 5.91 Å². The van der Waals surface area contributed by atoms with E-state index in [1.54, 1.807) is 22.2 Å². The molecule has 1 aliphatic heterocycles. The van der Waals surface area contributed by atoms with Crippen molar-refractivity contribution in [3.63, 3.8) is 0 Å². The Labute approximate surface area is 193 Å². The minimum atomic E-state index is -0.802. The zero-order chi connectivity index (χ0) is 22.7. The number of benzene rings is 1. The van der Waals surface area contributed by atoms with Crippen LogP contribution in [0.3, 0.4) is 0 Å². The van der Waals surface area contributed by atoms with Crippen LogP contribution in [0.4, 0.5) is 0 Å². The van der Waals surface area contributed by atoms with Crippen LogP contribution < -0.4 is 4.80 Å². The number of nitrogens with zero attached hydrogens (tertiary/aromatic N) is 3. The number of esters is 1. The number of rotatable bonds is 6. The highest BCUT2D eigenvalue weighted by Gasteiger charge is 2.48. The summed E-state index contributed by atoms with van der Waals surface area (Å²) >= 11 is 7.47. The van der Waals surface area contributed by atoms with E-state index < -0.39 is 25.0 Å². The Morgan fingerprint density at radius 1 is 1.12 bits per heavy atom. The predicted molar refractivity (Wildman–Crippen MR) is 117 cm³/mol. The molecule has 0 bridgehead atoms. The van der Waals surface area contributed by atoms with Gasteiger partial charge in [0.1, 0.15) is 6.54 Å². The Kier molecular flexibility index (Phi) is 6.86. The summed E-state index contributed by atoms with van der Waals surface area (Å²) in [6, 6.07) is 7.39. The van der Waals surface area contributed by atoms with Crippen molar-refractivity contribution in [2.45, 2.75) is 32.2 Å². The summed E-state index contributed by atoms with van der Waals surface area (Å²) in [4.78, 5) is 54.7. The molecule has 1 aromatic heterocycles. The van der Waals surface area contributed by atoms with Crippen LogP contribution in [-0.2, 0) is 30.5 Å². The molecule has 2 unspecified atom stereocenters. The molecule has 2 fully saturated rings. The summed E-state index contributed by atoms with van der Waals surface area (Å²) in [5.74, 6) is -2.72. The molecule has 2 heterocycles. The lowest BCUT2D eigenvalue weighted by Gasteiger charge is -2.19. The predicted octanol–water partition coefficient (Wildman–Crippen LogP) is 2.40. The van der Waals surface area contributed by atoms with Crippen LogP contribution in [0.15, 0.2) is 40.8 Å². The van der Waals surface area contributed by atoms with Crippen molar-refractivity contribution in [1.82, 2.24) is 9.47 Å². The van der Waals surface area contributed by atoms with E-state index in [-0.39, 0.29) is 23.7 Å². The molecule has 32 heavy (non-hydrogen) atoms. The molecule has 1 saturated carbocycles. The smallest absolute Gasteiger partial charge is 0.326 e. The van der Waals surface area contributed by atoms with Gasteiger partial charge in [-0.15, -0.1) is 11.3 Å². The summed E-state index contributed by atoms with van der Waals surface area (Å²) < 4.78 is 6.76. The van der Waals surface area contributed by atoms with Gasteiger partial charge in [-0.2, -0.15) is 4.99 Å². The van der Waals surface area contributed by atoms with Gasteiger partial charge in [0, 0.05) is 16.6 Å². The van der Waals surface area contributed by atoms with Crippen molar-refractivity contribution < 1.29 is 23.9 Å². The third-order valence-corrected chi connectivity index (χ3v) is 6.92. The van der Waals surface area contributed by atoms with Gasteiger partial charge in [-0.05, 0) is 24.5 Å². The van der Waals surface area contributed by atoms with Crippen molar-refractivity contribution >= 4 is 46.6 Å². The first-order valence-corrected chi connectivity index (χ1v) is 11.7. The number of hydrogen-bond donors (Lipinski definition) is 0. The van der Waals surface area contributed by atoms with Gasteiger partial charge in [-0.25, -0.2) is 0 Å². The second kappa shape index (κ2) is 9.79. The number of carbonyl (C=O) groups excluding carboxylic acids is 4. The zero-order valence-electron chi connectivity index (χ0n) is 17.2. The fourth-order valence-corrected chi connectivity index (χ4v) is 5.10. The summed E-state index contributed by atoms with van der Waals surface area (Å²) in [6.45, 7) is -0.591. The van der Waals surface area contributed by atoms with E-state index in [1.165, 1.54) is 11.3 Å². The maximum absolute atomic E-state index is 12.4. The van der Waals surface area contributed by atoms with Crippen LogP contribution in [0.2, 0.25) is 5.02 Å². The van der Waals surface area contributed by atoms with Crippen LogP contribution in [0.25, 0.3) is 0 Å². The number of likely N-dealkylation sites (tertiary alicyclic amines) is 1. The highest BCUT2D eigenvalue weighted by atomic mass is 35.5. The third-order valence-electron chi connectivity index (χ3n) is 5.76. The molecule has 8 nitrogen and oxygen atoms in total. The number of aromatic nitrogens is 1. The minimum Gasteiger partial charge on any atom is -0.454 e. The number of hydrogen-bond acceptors (Lipinski definition) is 6. The first kappa shape index (κ1) is 22.4. The van der Waals surface area contributed by atoms with Crippen LogP contribution >= 0.6 is 22.9 Å². The molecular formula is C22H22ClN3O5S. The number of imide groups is 1. The first-order valence-electron chi connectivity index (χ1n) is 10.4. The number of ether oxygens (including phenoxy) is 1. The minimum absolute atomic E-state index is 0.313. The lowest BCUT2D eigenvalue weighted by molar-refractivity contribution is -0.154. The van der Waals surface area contributed by atoms with E-state index in [9.17, 15) is 19.2 Å². The molecule has 0 N–H and O–H groups in total. The molecule has 0 radical (unpaired) electrons. The Morgan fingerprint density at radius 3 is 2.50 bits per heavy atom. The van der Waals surface area contributed by atoms with E-state index in [0.717, 1.165) is 23.3 Å². The van der Waals surface area contributed by atoms with E-state index in [0.29, 0.717) is 29.2 Å². The second-order valence-electron chi connectivity index (χ2n) is 7.83. The van der Waals surface area contributed by atoms with E-state index in [4.69, 9.17) is 16.3 Å². The quantitative estimate of drug-likeness (QED) is 0.472. The van der Waals surface area contributed by atoms with Crippen LogP contribution in [-0.4, -0.2) is 46.3 Å². The van der Waals surface area contributed by atoms with Gasteiger partial charge in [-0.3, -0.25) is 24.1 Å². The van der Waals surface area contributed by atoms with Crippen molar-refractivity contribution in [3.05, 3.63) is 51.2 Å². The molecule has 3 amide bonds. The largest absolute Gasteiger partial charge is 0.454 e. The topological polar surface area (TPSA) is 98.0 Å². The van der Waals surface area contributed by atoms with Gasteiger partial charge >= 0.3 is 5.97 Å². The van der Waals surface area contributed by atoms with Crippen molar-refractivity contribution in [1.29, 1.82) is 0 Å². The Hall–Kier alpha value is -2.78. The van der Waals surface area contributed by atoms with E-state index in [1.807, 2.05) is 18.2 Å². The number of thiazole rings is 1. The molecule has 10 heteroatoms. The molecule has 2 aromatic rings. The first-order chi connectivity index (χ1) is 15.4. The highest BCUT2D eigenvalue weighted by molar-refractivity contribution is 7.07. The number of fused-ring (bicyclic) bond motifs is 1. The molecule has 2 aliphatic rings. The average Bonchev–Trinajstić information content (AvgIpc) is 3.32. The monoisotopic (exact) mass is 475 g/mol. The van der Waals surface area contributed by atoms with Gasteiger partial charge in [0.05, 0.1) is 18.4 Å². The fraction of sp³-hybridized carbons (Fsp3) is 0.409. The zero-order valence-corrected chi connectivity index (χ0v) is 18.8. The molecule has 168 valence electrons. The Bertz CT molecular complexity index is 1100. The standard InChI is InChI=1S/C22H22ClN3O5S/c23-17-8-4-1-5-14(17)11-25-9-10-32-22(25)24-18(27)13-31-19(28)12-26-20(29)15-6-2-3-7-16(15)21(26)30/h1,4-5,8-10,15-16H,2-3,6-7,11-13H2. The maximum Gasteiger partial charge on any atom is 0.326 e. The normalized spacial score (nSPS) is 21.0. The van der Waals surface area contributed by atoms with Crippen LogP contribution in [0.5, 0.6) is 0 Å². The van der Waals surface area contributed by atoms with Crippen LogP contribution in [0, 0.1) is 11.8 Å². The molecule has 2 atom stereocenters. The lowest BCUT2D eigenvalue weighted by atomic mass is 9.81. The van der Waals surface area contributed by atoms with E-state index >= 15 is 0 Å². The van der Waals surface area contributed by atoms with Crippen molar-refractivity contribution in [3.8, 4) is 0 Å². The summed E-state index contributed by atoms with van der Waals surface area (Å²) in [5, 5.41) is 2.40. The van der Waals surface area contributed by atoms with Gasteiger partial charge in [-0.1, -0.05) is 42.6 Å². The van der Waals surface area contributed by atoms with Gasteiger partial charge in [0.15, 0.2) is 11.4 Å². The summed E-state index contributed by atoms with van der Waals surface area (Å²) in [6.07, 6.45) is 4.96. The number of carbonyl (C=O) groups is 4. The van der Waals surface area contributed by atoms with Crippen molar-refractivity contribution in [2.24, 2.45) is 16.8 Å². The molecule has 4 rings (SSSR count). The van der Waals surface area contributed by atoms with Gasteiger partial charge in [0.2, 0.25) is 11.8 Å². The molecule has 1 saturated heterocycles. The SMILES string of the molecule is O=C(COC(=O)CN1C(=O)C2CCCCC2C1=O)N=c1sccn1Cc1ccccc1Cl. The van der Waals surface area contributed by atoms with Crippen LogP contribution in [0.1, 0.15) is 31.2 Å². The number of halogens is 1. The summed E-state index contributed by atoms with van der Waals surface area (Å²) in [7, 11) is 0. The Balaban J connectivity index is 1.34. The van der Waals surface area contributed by atoms with E-state index in [2.05, 4.69) is 4.99 Å². The highest BCUT2D eigenvalue weighted by Crippen LogP contribution is 2.37. The molecule has 1 aliphatic carbocycles. The molecule has 1 aromatic carbocycles.